The summed E-state index contributed by atoms with van der Waals surface area (Å²) in [6.45, 7) is 4.60. The summed E-state index contributed by atoms with van der Waals surface area (Å²) in [5.74, 6) is 0.314. The summed E-state index contributed by atoms with van der Waals surface area (Å²) in [7, 11) is -0.320. The van der Waals surface area contributed by atoms with Gasteiger partial charge < -0.3 is 5.11 Å². The van der Waals surface area contributed by atoms with Crippen LogP contribution in [-0.4, -0.2) is 18.9 Å². The van der Waals surface area contributed by atoms with Crippen molar-refractivity contribution in [1.82, 2.24) is 4.98 Å². The molecule has 0 unspecified atom stereocenters. The topological polar surface area (TPSA) is 33.1 Å². The van der Waals surface area contributed by atoms with Crippen molar-refractivity contribution in [3.05, 3.63) is 48.0 Å². The van der Waals surface area contributed by atoms with Gasteiger partial charge in [-0.25, -0.2) is 4.98 Å². The Bertz CT molecular complexity index is 718. The van der Waals surface area contributed by atoms with Crippen molar-refractivity contribution in [3.63, 3.8) is 0 Å². The van der Waals surface area contributed by atoms with E-state index in [2.05, 4.69) is 30.2 Å². The van der Waals surface area contributed by atoms with Crippen molar-refractivity contribution in [3.8, 4) is 16.3 Å². The van der Waals surface area contributed by atoms with Gasteiger partial charge in [-0.3, -0.25) is 0 Å². The monoisotopic (exact) mass is 298 g/mol. The van der Waals surface area contributed by atoms with Crippen molar-refractivity contribution in [2.24, 2.45) is 0 Å². The van der Waals surface area contributed by atoms with E-state index in [0.717, 1.165) is 26.8 Å². The van der Waals surface area contributed by atoms with E-state index in [1.165, 1.54) is 5.56 Å². The lowest BCUT2D eigenvalue weighted by molar-refractivity contribution is 0.477. The molecule has 1 radical (unpaired) electrons. The molecule has 0 aliphatic carbocycles. The van der Waals surface area contributed by atoms with Crippen LogP contribution in [0.3, 0.4) is 0 Å². The van der Waals surface area contributed by atoms with Gasteiger partial charge >= 0.3 is 0 Å². The first-order valence-electron chi connectivity index (χ1n) is 6.60. The summed E-state index contributed by atoms with van der Waals surface area (Å²) < 4.78 is 1.16. The molecule has 0 aliphatic heterocycles. The molecule has 0 fully saturated rings. The fourth-order valence-electron chi connectivity index (χ4n) is 2.26. The van der Waals surface area contributed by atoms with Crippen LogP contribution in [0.25, 0.3) is 20.8 Å². The highest BCUT2D eigenvalue weighted by Gasteiger charge is 2.11. The summed E-state index contributed by atoms with van der Waals surface area (Å²) in [5, 5.41) is 11.0. The summed E-state index contributed by atoms with van der Waals surface area (Å²) >= 11 is 1.63. The number of aromatic nitrogens is 1. The minimum Gasteiger partial charge on any atom is -0.507 e. The predicted molar refractivity (Wildman–Crippen MR) is 87.9 cm³/mol. The summed E-state index contributed by atoms with van der Waals surface area (Å²) in [6, 6.07) is 15.1. The van der Waals surface area contributed by atoms with E-state index in [1.54, 1.807) is 17.4 Å². The lowest BCUT2D eigenvalue weighted by Gasteiger charge is -2.07. The molecule has 1 N–H and O–H groups in total. The zero-order valence-corrected chi connectivity index (χ0v) is 13.4. The Hall–Kier alpha value is -1.65. The molecule has 1 aromatic heterocycles. The Morgan fingerprint density at radius 2 is 1.95 bits per heavy atom. The quantitative estimate of drug-likeness (QED) is 0.722. The van der Waals surface area contributed by atoms with Gasteiger partial charge in [-0.05, 0) is 35.9 Å². The van der Waals surface area contributed by atoms with Crippen molar-refractivity contribution in [2.75, 3.05) is 0 Å². The molecule has 4 heteroatoms. The van der Waals surface area contributed by atoms with Crippen LogP contribution in [0.2, 0.25) is 13.1 Å². The Morgan fingerprint density at radius 3 is 2.70 bits per heavy atom. The summed E-state index contributed by atoms with van der Waals surface area (Å²) in [6.07, 6.45) is 0. The van der Waals surface area contributed by atoms with Crippen LogP contribution in [0, 0.1) is 0 Å². The number of fused-ring (bicyclic) bond motifs is 1. The number of phenols is 1. The van der Waals surface area contributed by atoms with Gasteiger partial charge in [0.05, 0.1) is 15.8 Å². The van der Waals surface area contributed by atoms with Gasteiger partial charge in [0.2, 0.25) is 0 Å². The van der Waals surface area contributed by atoms with E-state index in [4.69, 9.17) is 0 Å². The molecule has 1 heterocycles. The zero-order valence-electron chi connectivity index (χ0n) is 11.6. The molecule has 20 heavy (non-hydrogen) atoms. The van der Waals surface area contributed by atoms with Gasteiger partial charge in [-0.15, -0.1) is 11.3 Å². The molecule has 0 saturated heterocycles. The lowest BCUT2D eigenvalue weighted by atomic mass is 10.1. The Morgan fingerprint density at radius 1 is 1.15 bits per heavy atom. The average molecular weight is 298 g/mol. The normalized spacial score (nSPS) is 11.3. The van der Waals surface area contributed by atoms with Crippen LogP contribution < -0.4 is 0 Å². The Labute approximate surface area is 124 Å². The van der Waals surface area contributed by atoms with E-state index < -0.39 is 0 Å². The van der Waals surface area contributed by atoms with Gasteiger partial charge in [0.1, 0.15) is 10.8 Å². The first kappa shape index (κ1) is 13.3. The van der Waals surface area contributed by atoms with E-state index in [9.17, 15) is 5.11 Å². The SMILES string of the molecule is C[Si](C)Cc1ccc(O)c(-c2nc3ccccc3s2)c1. The van der Waals surface area contributed by atoms with Gasteiger partial charge in [0.25, 0.3) is 0 Å². The number of aromatic hydroxyl groups is 1. The van der Waals surface area contributed by atoms with Gasteiger partial charge in [0, 0.05) is 8.80 Å². The minimum atomic E-state index is -0.320. The number of hydrogen-bond donors (Lipinski definition) is 1. The number of nitrogens with zero attached hydrogens (tertiary/aromatic N) is 1. The maximum absolute atomic E-state index is 10.1. The number of para-hydroxylation sites is 1. The smallest absolute Gasteiger partial charge is 0.128 e. The maximum Gasteiger partial charge on any atom is 0.128 e. The molecule has 0 atom stereocenters. The van der Waals surface area contributed by atoms with E-state index in [1.807, 2.05) is 24.3 Å². The minimum absolute atomic E-state index is 0.314. The van der Waals surface area contributed by atoms with Gasteiger partial charge in [-0.1, -0.05) is 31.3 Å². The fourth-order valence-corrected chi connectivity index (χ4v) is 4.29. The third-order valence-electron chi connectivity index (χ3n) is 3.14. The van der Waals surface area contributed by atoms with Crippen molar-refractivity contribution >= 4 is 30.4 Å². The highest BCUT2D eigenvalue weighted by molar-refractivity contribution is 7.21. The second-order valence-corrected chi connectivity index (χ2v) is 9.02. The number of rotatable bonds is 3. The van der Waals surface area contributed by atoms with Gasteiger partial charge in [-0.2, -0.15) is 0 Å². The van der Waals surface area contributed by atoms with Crippen LogP contribution in [0.4, 0.5) is 0 Å². The van der Waals surface area contributed by atoms with Crippen LogP contribution in [0.1, 0.15) is 5.56 Å². The number of hydrogen-bond acceptors (Lipinski definition) is 3. The molecule has 0 bridgehead atoms. The lowest BCUT2D eigenvalue weighted by Crippen LogP contribution is -2.05. The van der Waals surface area contributed by atoms with Crippen molar-refractivity contribution in [2.45, 2.75) is 19.1 Å². The second-order valence-electron chi connectivity index (χ2n) is 5.22. The number of phenolic OH excluding ortho intramolecular Hbond substituents is 1. The maximum atomic E-state index is 10.1. The largest absolute Gasteiger partial charge is 0.507 e. The molecule has 0 amide bonds. The van der Waals surface area contributed by atoms with Crippen LogP contribution in [0.5, 0.6) is 5.75 Å². The van der Waals surface area contributed by atoms with Crippen LogP contribution >= 0.6 is 11.3 Å². The predicted octanol–water partition coefficient (Wildman–Crippen LogP) is 4.51. The molecule has 0 aliphatic rings. The van der Waals surface area contributed by atoms with Crippen molar-refractivity contribution < 1.29 is 5.11 Å². The van der Waals surface area contributed by atoms with Crippen molar-refractivity contribution in [1.29, 1.82) is 0 Å². The molecule has 101 valence electrons. The molecule has 2 aromatic carbocycles. The highest BCUT2D eigenvalue weighted by atomic mass is 32.1. The highest BCUT2D eigenvalue weighted by Crippen LogP contribution is 2.35. The molecule has 0 saturated carbocycles. The second kappa shape index (κ2) is 5.38. The van der Waals surface area contributed by atoms with E-state index in [-0.39, 0.29) is 8.80 Å². The molecule has 2 nitrogen and oxygen atoms in total. The zero-order chi connectivity index (χ0) is 14.1. The molecule has 0 spiro atoms. The molecule has 3 rings (SSSR count). The molecular weight excluding hydrogens is 282 g/mol. The average Bonchev–Trinajstić information content (AvgIpc) is 2.84. The summed E-state index contributed by atoms with van der Waals surface area (Å²) in [5.41, 5.74) is 3.14. The van der Waals surface area contributed by atoms with E-state index in [0.29, 0.717) is 5.75 Å². The van der Waals surface area contributed by atoms with Gasteiger partial charge in [0.15, 0.2) is 0 Å². The fraction of sp³-hybridized carbons (Fsp3) is 0.188. The third-order valence-corrected chi connectivity index (χ3v) is 5.33. The molecule has 3 aromatic rings. The standard InChI is InChI=1S/C16H16NOSSi/c1-20(2)10-11-7-8-14(18)12(9-11)16-17-13-5-3-4-6-15(13)19-16/h3-9,18H,10H2,1-2H3. The third kappa shape index (κ3) is 2.62. The van der Waals surface area contributed by atoms with E-state index >= 15 is 0 Å². The first-order chi connectivity index (χ1) is 9.63. The number of thiazole rings is 1. The first-order valence-corrected chi connectivity index (χ1v) is 10.1. The Kier molecular flexibility index (Phi) is 3.59. The molecular formula is C16H16NOSSi. The Balaban J connectivity index is 2.07. The number of benzene rings is 2. The summed E-state index contributed by atoms with van der Waals surface area (Å²) in [4.78, 5) is 4.63. The van der Waals surface area contributed by atoms with Crippen LogP contribution in [0.15, 0.2) is 42.5 Å². The van der Waals surface area contributed by atoms with Crippen LogP contribution in [-0.2, 0) is 6.04 Å².